The number of methoxy groups -OCH3 is 1. The molecule has 1 rings (SSSR count). The van der Waals surface area contributed by atoms with E-state index in [4.69, 9.17) is 14.2 Å². The Labute approximate surface area is 101 Å². The summed E-state index contributed by atoms with van der Waals surface area (Å²) in [7, 11) is 1.56. The van der Waals surface area contributed by atoms with E-state index in [1.165, 1.54) is 0 Å². The van der Waals surface area contributed by atoms with Gasteiger partial charge in [0, 0.05) is 0 Å². The molecule has 1 aromatic carbocycles. The van der Waals surface area contributed by atoms with Gasteiger partial charge in [0.15, 0.2) is 6.29 Å². The highest BCUT2D eigenvalue weighted by Gasteiger charge is 2.05. The Morgan fingerprint density at radius 1 is 1.29 bits per heavy atom. The van der Waals surface area contributed by atoms with Gasteiger partial charge in [-0.3, -0.25) is 4.79 Å². The van der Waals surface area contributed by atoms with E-state index < -0.39 is 0 Å². The van der Waals surface area contributed by atoms with Crippen LogP contribution in [0.25, 0.3) is 0 Å². The van der Waals surface area contributed by atoms with Gasteiger partial charge in [0.2, 0.25) is 0 Å². The fraction of sp³-hybridized carbons (Fsp3) is 0.462. The number of hydrogen-bond donors (Lipinski definition) is 0. The third kappa shape index (κ3) is 4.44. The maximum absolute atomic E-state index is 10.9. The number of carbonyl (C=O) groups excluding carboxylic acids is 1. The van der Waals surface area contributed by atoms with Gasteiger partial charge < -0.3 is 14.2 Å². The Morgan fingerprint density at radius 2 is 2.06 bits per heavy atom. The van der Waals surface area contributed by atoms with Crippen LogP contribution in [-0.2, 0) is 4.74 Å². The zero-order valence-corrected chi connectivity index (χ0v) is 10.4. The maximum atomic E-state index is 10.9. The summed E-state index contributed by atoms with van der Waals surface area (Å²) in [5, 5.41) is 0. The van der Waals surface area contributed by atoms with Gasteiger partial charge in [-0.15, -0.1) is 0 Å². The molecular formula is C13H18O4. The normalized spacial score (nSPS) is 10.4. The standard InChI is InChI=1S/C13H18O4/c1-10(2)16-6-7-17-13-5-4-12(15-3)8-11(13)9-14/h4-5,8-10H,6-7H2,1-3H3. The highest BCUT2D eigenvalue weighted by atomic mass is 16.5. The molecule has 0 fully saturated rings. The van der Waals surface area contributed by atoms with Crippen LogP contribution in [0.1, 0.15) is 24.2 Å². The molecule has 0 heterocycles. The van der Waals surface area contributed by atoms with Gasteiger partial charge in [0.05, 0.1) is 25.4 Å². The number of rotatable bonds is 7. The molecular weight excluding hydrogens is 220 g/mol. The van der Waals surface area contributed by atoms with Crippen molar-refractivity contribution in [3.63, 3.8) is 0 Å². The molecule has 0 aliphatic rings. The van der Waals surface area contributed by atoms with E-state index in [0.29, 0.717) is 30.3 Å². The predicted octanol–water partition coefficient (Wildman–Crippen LogP) is 2.31. The van der Waals surface area contributed by atoms with Crippen molar-refractivity contribution in [3.05, 3.63) is 23.8 Å². The number of hydrogen-bond acceptors (Lipinski definition) is 4. The molecule has 0 saturated carbocycles. The molecule has 4 nitrogen and oxygen atoms in total. The maximum Gasteiger partial charge on any atom is 0.153 e. The Bertz CT molecular complexity index is 360. The van der Waals surface area contributed by atoms with E-state index in [1.54, 1.807) is 25.3 Å². The molecule has 0 aliphatic heterocycles. The minimum absolute atomic E-state index is 0.181. The van der Waals surface area contributed by atoms with Crippen LogP contribution in [-0.4, -0.2) is 32.7 Å². The second-order valence-electron chi connectivity index (χ2n) is 3.79. The van der Waals surface area contributed by atoms with Crippen molar-refractivity contribution in [3.8, 4) is 11.5 Å². The number of ether oxygens (including phenoxy) is 3. The first-order chi connectivity index (χ1) is 8.17. The average molecular weight is 238 g/mol. The monoisotopic (exact) mass is 238 g/mol. The van der Waals surface area contributed by atoms with E-state index in [-0.39, 0.29) is 6.10 Å². The molecule has 0 saturated heterocycles. The van der Waals surface area contributed by atoms with Crippen LogP contribution >= 0.6 is 0 Å². The average Bonchev–Trinajstić information content (AvgIpc) is 2.34. The molecule has 94 valence electrons. The first kappa shape index (κ1) is 13.5. The molecule has 0 N–H and O–H groups in total. The molecule has 0 bridgehead atoms. The van der Waals surface area contributed by atoms with Crippen molar-refractivity contribution in [2.45, 2.75) is 20.0 Å². The van der Waals surface area contributed by atoms with Gasteiger partial charge in [-0.25, -0.2) is 0 Å². The Morgan fingerprint density at radius 3 is 2.65 bits per heavy atom. The Kier molecular flexibility index (Phi) is 5.49. The van der Waals surface area contributed by atoms with Crippen molar-refractivity contribution in [2.24, 2.45) is 0 Å². The second-order valence-corrected chi connectivity index (χ2v) is 3.79. The lowest BCUT2D eigenvalue weighted by Crippen LogP contribution is -2.11. The molecule has 1 aromatic rings. The number of carbonyl (C=O) groups is 1. The fourth-order valence-electron chi connectivity index (χ4n) is 1.31. The van der Waals surface area contributed by atoms with E-state index in [2.05, 4.69) is 0 Å². The van der Waals surface area contributed by atoms with Gasteiger partial charge in [-0.2, -0.15) is 0 Å². The summed E-state index contributed by atoms with van der Waals surface area (Å²) in [5.74, 6) is 1.19. The van der Waals surface area contributed by atoms with E-state index in [0.717, 1.165) is 6.29 Å². The largest absolute Gasteiger partial charge is 0.497 e. The van der Waals surface area contributed by atoms with Crippen LogP contribution in [0.4, 0.5) is 0 Å². The lowest BCUT2D eigenvalue weighted by atomic mass is 10.2. The lowest BCUT2D eigenvalue weighted by Gasteiger charge is -2.11. The summed E-state index contributed by atoms with van der Waals surface area (Å²) >= 11 is 0. The van der Waals surface area contributed by atoms with Crippen LogP contribution in [0.3, 0.4) is 0 Å². The van der Waals surface area contributed by atoms with Gasteiger partial charge in [-0.1, -0.05) is 0 Å². The fourth-order valence-corrected chi connectivity index (χ4v) is 1.31. The van der Waals surface area contributed by atoms with Crippen molar-refractivity contribution in [1.82, 2.24) is 0 Å². The van der Waals surface area contributed by atoms with Crippen LogP contribution in [0.15, 0.2) is 18.2 Å². The van der Waals surface area contributed by atoms with Crippen molar-refractivity contribution >= 4 is 6.29 Å². The van der Waals surface area contributed by atoms with E-state index in [9.17, 15) is 4.79 Å². The zero-order chi connectivity index (χ0) is 12.7. The molecule has 0 unspecified atom stereocenters. The van der Waals surface area contributed by atoms with Gasteiger partial charge >= 0.3 is 0 Å². The van der Waals surface area contributed by atoms with Crippen molar-refractivity contribution in [2.75, 3.05) is 20.3 Å². The van der Waals surface area contributed by atoms with E-state index in [1.807, 2.05) is 13.8 Å². The molecule has 0 aliphatic carbocycles. The van der Waals surface area contributed by atoms with Gasteiger partial charge in [-0.05, 0) is 32.0 Å². The highest BCUT2D eigenvalue weighted by molar-refractivity contribution is 5.80. The third-order valence-corrected chi connectivity index (χ3v) is 2.14. The van der Waals surface area contributed by atoms with Crippen molar-refractivity contribution in [1.29, 1.82) is 0 Å². The van der Waals surface area contributed by atoms with Crippen LogP contribution in [0.5, 0.6) is 11.5 Å². The molecule has 0 spiro atoms. The predicted molar refractivity (Wildman–Crippen MR) is 65.0 cm³/mol. The topological polar surface area (TPSA) is 44.8 Å². The van der Waals surface area contributed by atoms with Gasteiger partial charge in [0.25, 0.3) is 0 Å². The quantitative estimate of drug-likeness (QED) is 0.540. The molecule has 0 atom stereocenters. The Hall–Kier alpha value is -1.55. The Balaban J connectivity index is 2.55. The van der Waals surface area contributed by atoms with Crippen LogP contribution in [0, 0.1) is 0 Å². The summed E-state index contributed by atoms with van der Waals surface area (Å²) in [6, 6.07) is 5.12. The second kappa shape index (κ2) is 6.91. The van der Waals surface area contributed by atoms with Crippen LogP contribution < -0.4 is 9.47 Å². The smallest absolute Gasteiger partial charge is 0.153 e. The molecule has 0 radical (unpaired) electrons. The van der Waals surface area contributed by atoms with Gasteiger partial charge in [0.1, 0.15) is 18.1 Å². The lowest BCUT2D eigenvalue weighted by molar-refractivity contribution is 0.0550. The number of aldehydes is 1. The highest BCUT2D eigenvalue weighted by Crippen LogP contribution is 2.22. The summed E-state index contributed by atoms with van der Waals surface area (Å²) in [5.41, 5.74) is 0.480. The number of benzene rings is 1. The zero-order valence-electron chi connectivity index (χ0n) is 10.4. The SMILES string of the molecule is COc1ccc(OCCOC(C)C)c(C=O)c1. The van der Waals surface area contributed by atoms with Crippen molar-refractivity contribution < 1.29 is 19.0 Å². The summed E-state index contributed by atoms with van der Waals surface area (Å²) in [6.07, 6.45) is 0.932. The minimum atomic E-state index is 0.181. The van der Waals surface area contributed by atoms with E-state index >= 15 is 0 Å². The first-order valence-electron chi connectivity index (χ1n) is 5.55. The summed E-state index contributed by atoms with van der Waals surface area (Å²) < 4.78 is 15.8. The molecule has 0 aromatic heterocycles. The summed E-state index contributed by atoms with van der Waals surface area (Å²) in [4.78, 5) is 10.9. The molecule has 17 heavy (non-hydrogen) atoms. The first-order valence-corrected chi connectivity index (χ1v) is 5.55. The summed E-state index contributed by atoms with van der Waals surface area (Å²) in [6.45, 7) is 4.85. The molecule has 0 amide bonds. The molecule has 4 heteroatoms. The minimum Gasteiger partial charge on any atom is -0.497 e. The van der Waals surface area contributed by atoms with Crippen LogP contribution in [0.2, 0.25) is 0 Å². The third-order valence-electron chi connectivity index (χ3n) is 2.14.